The van der Waals surface area contributed by atoms with Crippen LogP contribution < -0.4 is 5.32 Å². The topological polar surface area (TPSA) is 70.7 Å². The molecule has 0 radical (unpaired) electrons. The molecule has 2 heterocycles. The van der Waals surface area contributed by atoms with E-state index in [0.717, 1.165) is 32.1 Å². The van der Waals surface area contributed by atoms with Crippen LogP contribution in [-0.4, -0.2) is 27.6 Å². The fourth-order valence-electron chi connectivity index (χ4n) is 2.98. The Balaban J connectivity index is 1.58. The molecule has 0 aliphatic heterocycles. The summed E-state index contributed by atoms with van der Waals surface area (Å²) in [5.74, 6) is -0.0554. The Hall–Kier alpha value is -3.38. The maximum absolute atomic E-state index is 12.3. The first-order valence-corrected chi connectivity index (χ1v) is 10.2. The molecule has 4 rings (SSSR count). The normalized spacial score (nSPS) is 11.2. The lowest BCUT2D eigenvalue weighted by Gasteiger charge is -2.09. The molecular formula is C23H20N4OS. The van der Waals surface area contributed by atoms with Gasteiger partial charge in [-0.15, -0.1) is 0 Å². The van der Waals surface area contributed by atoms with Gasteiger partial charge in [-0.2, -0.15) is 5.10 Å². The Bertz CT molecular complexity index is 1170. The molecular weight excluding hydrogens is 380 g/mol. The van der Waals surface area contributed by atoms with E-state index in [2.05, 4.69) is 32.6 Å². The third kappa shape index (κ3) is 4.38. The smallest absolute Gasteiger partial charge is 0.252 e. The van der Waals surface area contributed by atoms with Gasteiger partial charge in [-0.1, -0.05) is 30.0 Å². The van der Waals surface area contributed by atoms with Crippen LogP contribution in [0.5, 0.6) is 0 Å². The van der Waals surface area contributed by atoms with Gasteiger partial charge in [0, 0.05) is 27.9 Å². The predicted octanol–water partition coefficient (Wildman–Crippen LogP) is 5.03. The fourth-order valence-corrected chi connectivity index (χ4v) is 3.96. The van der Waals surface area contributed by atoms with Gasteiger partial charge >= 0.3 is 0 Å². The fraction of sp³-hybridized carbons (Fsp3) is 0.0870. The summed E-state index contributed by atoms with van der Waals surface area (Å²) in [6.45, 7) is 2.52. The Labute approximate surface area is 173 Å². The van der Waals surface area contributed by atoms with Gasteiger partial charge in [0.05, 0.1) is 22.5 Å². The van der Waals surface area contributed by atoms with E-state index >= 15 is 0 Å². The van der Waals surface area contributed by atoms with Gasteiger partial charge in [-0.05, 0) is 61.5 Å². The van der Waals surface area contributed by atoms with Crippen LogP contribution in [0.25, 0.3) is 23.1 Å². The summed E-state index contributed by atoms with van der Waals surface area (Å²) >= 11 is 1.57. The van der Waals surface area contributed by atoms with Crippen molar-refractivity contribution in [2.24, 2.45) is 0 Å². The highest BCUT2D eigenvalue weighted by atomic mass is 32.2. The molecule has 6 heteroatoms. The standard InChI is InChI=1S/C23H20N4OS/c1-2-24-23(28)19-8-3-4-9-22(19)29-17-11-12-18-20(26-27-21(18)15-17)13-10-16-7-5-6-14-25-16/h3-15H,2H2,1H3,(H,24,28)(H,26,27). The number of hydrogen-bond donors (Lipinski definition) is 2. The molecule has 2 N–H and O–H groups in total. The molecule has 144 valence electrons. The quantitative estimate of drug-likeness (QED) is 0.476. The summed E-state index contributed by atoms with van der Waals surface area (Å²) in [7, 11) is 0. The van der Waals surface area contributed by atoms with Crippen LogP contribution in [0.15, 0.2) is 76.7 Å². The molecule has 0 saturated carbocycles. The lowest BCUT2D eigenvalue weighted by Crippen LogP contribution is -2.23. The number of benzene rings is 2. The van der Waals surface area contributed by atoms with Crippen molar-refractivity contribution < 1.29 is 4.79 Å². The molecule has 1 amide bonds. The molecule has 4 aromatic rings. The molecule has 29 heavy (non-hydrogen) atoms. The predicted molar refractivity (Wildman–Crippen MR) is 118 cm³/mol. The lowest BCUT2D eigenvalue weighted by atomic mass is 10.2. The number of aromatic nitrogens is 3. The van der Waals surface area contributed by atoms with E-state index in [1.54, 1.807) is 18.0 Å². The van der Waals surface area contributed by atoms with Crippen molar-refractivity contribution in [3.63, 3.8) is 0 Å². The van der Waals surface area contributed by atoms with Gasteiger partial charge in [-0.25, -0.2) is 0 Å². The second kappa shape index (κ2) is 8.75. The maximum Gasteiger partial charge on any atom is 0.252 e. The molecule has 0 unspecified atom stereocenters. The number of fused-ring (bicyclic) bond motifs is 1. The zero-order chi connectivity index (χ0) is 20.1. The monoisotopic (exact) mass is 400 g/mol. The number of carbonyl (C=O) groups is 1. The highest BCUT2D eigenvalue weighted by molar-refractivity contribution is 7.99. The van der Waals surface area contributed by atoms with E-state index in [1.807, 2.05) is 67.6 Å². The molecule has 0 fully saturated rings. The molecule has 5 nitrogen and oxygen atoms in total. The van der Waals surface area contributed by atoms with Crippen LogP contribution in [0, 0.1) is 0 Å². The van der Waals surface area contributed by atoms with Crippen molar-refractivity contribution in [1.29, 1.82) is 0 Å². The van der Waals surface area contributed by atoms with Gasteiger partial charge in [0.15, 0.2) is 0 Å². The Morgan fingerprint density at radius 2 is 1.97 bits per heavy atom. The van der Waals surface area contributed by atoms with E-state index in [4.69, 9.17) is 0 Å². The van der Waals surface area contributed by atoms with Crippen molar-refractivity contribution in [2.45, 2.75) is 16.7 Å². The second-order valence-electron chi connectivity index (χ2n) is 6.36. The molecule has 0 bridgehead atoms. The molecule has 0 spiro atoms. The van der Waals surface area contributed by atoms with Crippen LogP contribution in [0.2, 0.25) is 0 Å². The number of nitrogens with one attached hydrogen (secondary N) is 2. The number of nitrogens with zero attached hydrogens (tertiary/aromatic N) is 2. The summed E-state index contributed by atoms with van der Waals surface area (Å²) < 4.78 is 0. The Morgan fingerprint density at radius 3 is 2.79 bits per heavy atom. The molecule has 0 aliphatic carbocycles. The number of H-pyrrole nitrogens is 1. The van der Waals surface area contributed by atoms with Crippen molar-refractivity contribution in [2.75, 3.05) is 6.54 Å². The van der Waals surface area contributed by atoms with E-state index in [1.165, 1.54) is 0 Å². The molecule has 0 atom stereocenters. The van der Waals surface area contributed by atoms with Crippen molar-refractivity contribution >= 4 is 40.7 Å². The highest BCUT2D eigenvalue weighted by Crippen LogP contribution is 2.32. The van der Waals surface area contributed by atoms with Gasteiger partial charge in [0.2, 0.25) is 0 Å². The molecule has 2 aromatic heterocycles. The summed E-state index contributed by atoms with van der Waals surface area (Å²) in [5.41, 5.74) is 3.39. The average molecular weight is 401 g/mol. The minimum Gasteiger partial charge on any atom is -0.352 e. The first-order valence-electron chi connectivity index (χ1n) is 9.37. The lowest BCUT2D eigenvalue weighted by molar-refractivity contribution is 0.0953. The van der Waals surface area contributed by atoms with E-state index in [0.29, 0.717) is 12.1 Å². The summed E-state index contributed by atoms with van der Waals surface area (Å²) in [6.07, 6.45) is 5.67. The van der Waals surface area contributed by atoms with Crippen LogP contribution in [0.4, 0.5) is 0 Å². The third-order valence-electron chi connectivity index (χ3n) is 4.36. The van der Waals surface area contributed by atoms with Crippen LogP contribution in [-0.2, 0) is 0 Å². The van der Waals surface area contributed by atoms with Gasteiger partial charge in [0.25, 0.3) is 5.91 Å². The number of pyridine rings is 1. The maximum atomic E-state index is 12.3. The number of rotatable bonds is 6. The van der Waals surface area contributed by atoms with E-state index in [9.17, 15) is 4.79 Å². The SMILES string of the molecule is CCNC(=O)c1ccccc1Sc1ccc2c(C=Cc3ccccn3)n[nH]c2c1. The van der Waals surface area contributed by atoms with Crippen LogP contribution in [0.3, 0.4) is 0 Å². The van der Waals surface area contributed by atoms with Crippen LogP contribution >= 0.6 is 11.8 Å². The zero-order valence-corrected chi connectivity index (χ0v) is 16.7. The number of aromatic amines is 1. The number of carbonyl (C=O) groups excluding carboxylic acids is 1. The average Bonchev–Trinajstić information content (AvgIpc) is 3.16. The zero-order valence-electron chi connectivity index (χ0n) is 15.9. The summed E-state index contributed by atoms with van der Waals surface area (Å²) in [4.78, 5) is 18.6. The van der Waals surface area contributed by atoms with Crippen LogP contribution in [0.1, 0.15) is 28.7 Å². The van der Waals surface area contributed by atoms with E-state index < -0.39 is 0 Å². The Kier molecular flexibility index (Phi) is 5.72. The van der Waals surface area contributed by atoms with Gasteiger partial charge < -0.3 is 5.32 Å². The van der Waals surface area contributed by atoms with Gasteiger partial charge in [-0.3, -0.25) is 14.9 Å². The van der Waals surface area contributed by atoms with Crippen molar-refractivity contribution in [3.05, 3.63) is 83.8 Å². The first-order chi connectivity index (χ1) is 14.2. The Morgan fingerprint density at radius 1 is 1.10 bits per heavy atom. The van der Waals surface area contributed by atoms with Crippen molar-refractivity contribution in [3.8, 4) is 0 Å². The van der Waals surface area contributed by atoms with E-state index in [-0.39, 0.29) is 5.91 Å². The highest BCUT2D eigenvalue weighted by Gasteiger charge is 2.12. The number of amides is 1. The second-order valence-corrected chi connectivity index (χ2v) is 7.48. The summed E-state index contributed by atoms with van der Waals surface area (Å²) in [6, 6.07) is 19.6. The molecule has 0 aliphatic rings. The van der Waals surface area contributed by atoms with Gasteiger partial charge in [0.1, 0.15) is 0 Å². The largest absolute Gasteiger partial charge is 0.352 e. The molecule has 0 saturated heterocycles. The first kappa shape index (κ1) is 19.0. The molecule has 2 aromatic carbocycles. The number of hydrogen-bond acceptors (Lipinski definition) is 4. The van der Waals surface area contributed by atoms with Crippen molar-refractivity contribution in [1.82, 2.24) is 20.5 Å². The minimum atomic E-state index is -0.0554. The third-order valence-corrected chi connectivity index (χ3v) is 5.43. The summed E-state index contributed by atoms with van der Waals surface area (Å²) in [5, 5.41) is 11.4. The minimum absolute atomic E-state index is 0.0554.